The summed E-state index contributed by atoms with van der Waals surface area (Å²) in [5, 5.41) is 39.5. The highest BCUT2D eigenvalue weighted by Gasteiger charge is 2.32. The molecule has 0 radical (unpaired) electrons. The van der Waals surface area contributed by atoms with E-state index in [0.717, 1.165) is 234 Å². The highest BCUT2D eigenvalue weighted by atomic mass is 16.2. The van der Waals surface area contributed by atoms with Gasteiger partial charge in [-0.2, -0.15) is 21.0 Å². The molecule has 1 N–H and O–H groups in total. The molecule has 0 aliphatic carbocycles. The van der Waals surface area contributed by atoms with E-state index < -0.39 is 0 Å². The molecule has 5 saturated heterocycles. The van der Waals surface area contributed by atoms with E-state index in [-0.39, 0.29) is 23.6 Å². The van der Waals surface area contributed by atoms with Gasteiger partial charge in [0, 0.05) is 165 Å². The maximum atomic E-state index is 13.2. The smallest absolute Gasteiger partial charge is 0.253 e. The summed E-state index contributed by atoms with van der Waals surface area (Å²) in [7, 11) is 8.49. The highest BCUT2D eigenvalue weighted by molar-refractivity contribution is 5.97. The van der Waals surface area contributed by atoms with E-state index in [1.54, 1.807) is 42.9 Å². The predicted molar refractivity (Wildman–Crippen MR) is 522 cm³/mol. The van der Waals surface area contributed by atoms with Crippen LogP contribution in [0.2, 0.25) is 0 Å². The van der Waals surface area contributed by atoms with E-state index in [2.05, 4.69) is 130 Å². The lowest BCUT2D eigenvalue weighted by atomic mass is 9.79. The second-order valence-electron chi connectivity index (χ2n) is 35.3. The van der Waals surface area contributed by atoms with Crippen LogP contribution in [0.1, 0.15) is 102 Å². The average Bonchev–Trinajstić information content (AvgIpc) is 1.66. The molecule has 0 bridgehead atoms. The third-order valence-electron chi connectivity index (χ3n) is 26.8. The van der Waals surface area contributed by atoms with Crippen LogP contribution < -0.4 is 5.32 Å². The molecule has 4 amide bonds. The molecule has 672 valence electrons. The fraction of sp³-hybridized carbons (Fsp3) is 0.248. The van der Waals surface area contributed by atoms with Crippen LogP contribution in [-0.2, 0) is 0 Å². The monoisotopic (exact) mass is 1780 g/mol. The van der Waals surface area contributed by atoms with Gasteiger partial charge in [-0.05, 0) is 235 Å². The molecule has 21 rings (SSSR count). The molecular weight excluding hydrogens is 1680 g/mol. The molecule has 16 aromatic rings. The Morgan fingerprint density at radius 2 is 0.563 bits per heavy atom. The number of likely N-dealkylation sites (tertiary alicyclic amines) is 3. The molecule has 13 heterocycles. The highest BCUT2D eigenvalue weighted by Crippen LogP contribution is 2.36. The van der Waals surface area contributed by atoms with Crippen molar-refractivity contribution in [3.63, 3.8) is 0 Å². The summed E-state index contributed by atoms with van der Waals surface area (Å²) in [6, 6.07) is 78.3. The Bertz CT molecular complexity index is 7120. The van der Waals surface area contributed by atoms with E-state index in [0.29, 0.717) is 45.0 Å². The van der Waals surface area contributed by atoms with Gasteiger partial charge in [0.15, 0.2) is 11.3 Å². The molecule has 0 unspecified atom stereocenters. The predicted octanol–water partition coefficient (Wildman–Crippen LogP) is 16.7. The van der Waals surface area contributed by atoms with Crippen molar-refractivity contribution in [1.82, 2.24) is 87.1 Å². The van der Waals surface area contributed by atoms with Crippen LogP contribution >= 0.6 is 0 Å². The zero-order chi connectivity index (χ0) is 93.0. The number of nitrogens with one attached hydrogen (secondary N) is 1. The van der Waals surface area contributed by atoms with Gasteiger partial charge >= 0.3 is 0 Å². The Morgan fingerprint density at radius 1 is 0.289 bits per heavy atom. The minimum absolute atomic E-state index is 0.0748. The third-order valence-corrected chi connectivity index (χ3v) is 26.8. The Kier molecular flexibility index (Phi) is 27.1. The van der Waals surface area contributed by atoms with Crippen LogP contribution in [0.3, 0.4) is 0 Å². The molecule has 5 fully saturated rings. The van der Waals surface area contributed by atoms with Crippen molar-refractivity contribution < 1.29 is 19.2 Å². The van der Waals surface area contributed by atoms with Gasteiger partial charge in [-0.25, -0.2) is 19.9 Å². The second kappa shape index (κ2) is 40.8. The van der Waals surface area contributed by atoms with Gasteiger partial charge in [-0.3, -0.25) is 46.7 Å². The number of aromatic nitrogens is 10. The summed E-state index contributed by atoms with van der Waals surface area (Å²) in [6.07, 6.45) is 25.7. The van der Waals surface area contributed by atoms with E-state index in [1.165, 1.54) is 25.9 Å². The van der Waals surface area contributed by atoms with Gasteiger partial charge in [0.2, 0.25) is 0 Å². The molecule has 0 spiro atoms. The molecule has 135 heavy (non-hydrogen) atoms. The summed E-state index contributed by atoms with van der Waals surface area (Å²) in [5.74, 6) is 1.98. The number of hydrogen-bond acceptors (Lipinski definition) is 18. The zero-order valence-corrected chi connectivity index (χ0v) is 76.0. The summed E-state index contributed by atoms with van der Waals surface area (Å²) in [5.41, 5.74) is 24.0. The molecule has 0 atom stereocenters. The van der Waals surface area contributed by atoms with Crippen LogP contribution in [0.4, 0.5) is 0 Å². The van der Waals surface area contributed by atoms with Crippen LogP contribution in [0.25, 0.3) is 112 Å². The molecule has 5 aliphatic rings. The number of carbonyl (C=O) groups excluding carboxylic acids is 4. The quantitative estimate of drug-likeness (QED) is 0.106. The number of imidazole rings is 4. The van der Waals surface area contributed by atoms with Crippen LogP contribution in [-0.4, -0.2) is 231 Å². The average molecular weight is 1780 g/mol. The van der Waals surface area contributed by atoms with E-state index in [9.17, 15) is 19.2 Å². The summed E-state index contributed by atoms with van der Waals surface area (Å²) >= 11 is 0. The molecular formula is C109H102N22O4. The second-order valence-corrected chi connectivity index (χ2v) is 35.3. The number of rotatable bonds is 14. The van der Waals surface area contributed by atoms with Crippen LogP contribution in [0.15, 0.2) is 280 Å². The fourth-order valence-electron chi connectivity index (χ4n) is 18.5. The molecule has 26 nitrogen and oxygen atoms in total. The number of piperazine rings is 2. The minimum atomic E-state index is 0.0748. The van der Waals surface area contributed by atoms with Gasteiger partial charge in [0.25, 0.3) is 23.6 Å². The van der Waals surface area contributed by atoms with Gasteiger partial charge in [-0.1, -0.05) is 97.1 Å². The molecule has 0 saturated carbocycles. The summed E-state index contributed by atoms with van der Waals surface area (Å²) < 4.78 is 8.12. The Hall–Kier alpha value is -15.9. The Morgan fingerprint density at radius 3 is 0.896 bits per heavy atom. The number of pyridine rings is 2. The molecule has 8 aromatic carbocycles. The summed E-state index contributed by atoms with van der Waals surface area (Å²) in [4.78, 5) is 93.5. The van der Waals surface area contributed by atoms with Crippen LogP contribution in [0.5, 0.6) is 0 Å². The van der Waals surface area contributed by atoms with Crippen molar-refractivity contribution in [3.05, 3.63) is 325 Å². The number of fused-ring (bicyclic) bond motifs is 4. The lowest BCUT2D eigenvalue weighted by Crippen LogP contribution is -2.47. The Labute approximate surface area is 784 Å². The van der Waals surface area contributed by atoms with Gasteiger partial charge in [0.1, 0.15) is 11.3 Å². The lowest BCUT2D eigenvalue weighted by molar-refractivity contribution is 0.0614. The number of nitriles is 4. The van der Waals surface area contributed by atoms with Crippen molar-refractivity contribution in [3.8, 4) is 114 Å². The van der Waals surface area contributed by atoms with Crippen molar-refractivity contribution in [2.24, 2.45) is 11.8 Å². The third kappa shape index (κ3) is 20.3. The number of nitrogens with zero attached hydrogens (tertiary/aromatic N) is 21. The molecule has 5 aliphatic heterocycles. The number of benzene rings is 8. The topological polar surface area (TPSA) is 293 Å². The van der Waals surface area contributed by atoms with E-state index in [1.807, 2.05) is 247 Å². The molecule has 26 heteroatoms. The first kappa shape index (κ1) is 89.6. The van der Waals surface area contributed by atoms with Crippen LogP contribution in [0, 0.1) is 57.2 Å². The van der Waals surface area contributed by atoms with Gasteiger partial charge in [0.05, 0.1) is 118 Å². The van der Waals surface area contributed by atoms with Gasteiger partial charge < -0.3 is 39.6 Å². The number of likely N-dealkylation sites (N-methyl/N-ethyl adjacent to an activating group) is 1. The first-order valence-electron chi connectivity index (χ1n) is 45.9. The molecule has 8 aromatic heterocycles. The van der Waals surface area contributed by atoms with Crippen molar-refractivity contribution >= 4 is 46.2 Å². The SMILES string of the molecule is CN(C)C1CCN(C(=O)c2ccc(-c3cn4c(-c5ccc(C#N)cc5)cnc4cn3)cc2)CC1.CN1CCC(C2CCN(C(=O)c3ccc(-c4ccc5ncc(-c6ccc(C#N)cc6)n5c4)cc3)CC2)CC1.CN1CCN(C(=O)c2ccc(-c3cn4c(-c5ccc(C#N)cc5)cnc4cn3)cc2)CC1.N#Cc1ccc(-c2cnc3ccc(-c4ccc(C(=O)N5CCNCC5)cc4)cn23)cc1. The number of carbonyl (C=O) groups is 4. The lowest BCUT2D eigenvalue weighted by Gasteiger charge is -2.39. The number of hydrogen-bond donors (Lipinski definition) is 1. The Balaban J connectivity index is 0.000000120. The van der Waals surface area contributed by atoms with Crippen molar-refractivity contribution in [1.29, 1.82) is 21.0 Å². The first-order valence-corrected chi connectivity index (χ1v) is 45.9. The number of amides is 4. The summed E-state index contributed by atoms with van der Waals surface area (Å²) in [6.45, 7) is 12.2. The van der Waals surface area contributed by atoms with Crippen molar-refractivity contribution in [2.45, 2.75) is 44.6 Å². The standard InChI is InChI=1S/C32H33N5O.C27H26N6O.C25H22N6O.C25H21N5O/c1-35-16-12-25(13-17-35)26-14-18-36(19-15-26)32(38)28-8-6-24(7-9-28)29-10-11-31-34-21-30(37(31)22-29)27-4-2-23(20-33)3-5-27;1-31(2)23-11-13-32(14-12-23)27(34)22-9-7-20(8-10-22)24-18-33-25(16-30-26(33)17-29-24)21-5-3-19(15-28)4-6-21;1-29-10-12-30(13-11-29)25(32)21-8-6-19(7-9-21)22-17-31-23(15-28-24(31)16-27-22)20-4-2-18(14-26)3-5-20;26-15-18-1-3-20(4-2-18)23-16-28-24-10-9-22(17-30(23)24)19-5-7-21(8-6-19)25(31)29-13-11-27-12-14-29/h2-11,21-22,25-26H,12-19H2,1H3;3-10,16-18,23H,11-14H2,1-2H3;2-9,15-17H,10-13H2,1H3;1-10,16-17,27H,11-14H2. The maximum absolute atomic E-state index is 13.2. The van der Waals surface area contributed by atoms with E-state index in [4.69, 9.17) is 21.0 Å². The first-order chi connectivity index (χ1) is 66.0. The fourth-order valence-corrected chi connectivity index (χ4v) is 18.5. The normalized spacial score (nSPS) is 15.2. The van der Waals surface area contributed by atoms with Gasteiger partial charge in [-0.15, -0.1) is 0 Å². The minimum Gasteiger partial charge on any atom is -0.339 e. The zero-order valence-electron chi connectivity index (χ0n) is 76.0. The van der Waals surface area contributed by atoms with Crippen molar-refractivity contribution in [2.75, 3.05) is 120 Å². The largest absolute Gasteiger partial charge is 0.339 e. The number of piperidine rings is 3. The maximum Gasteiger partial charge on any atom is 0.253 e. The van der Waals surface area contributed by atoms with E-state index >= 15 is 0 Å².